The SMILES string of the molecule is C=C(O)CN1CCN(C(=O)N[C@H]2CN[C@H](C(=O)O)C2)CC1. The molecule has 2 saturated heterocycles. The Morgan fingerprint density at radius 2 is 1.90 bits per heavy atom. The van der Waals surface area contributed by atoms with Crippen LogP contribution >= 0.6 is 0 Å². The molecule has 118 valence electrons. The van der Waals surface area contributed by atoms with E-state index in [4.69, 9.17) is 10.2 Å². The van der Waals surface area contributed by atoms with Crippen LogP contribution in [0.4, 0.5) is 4.79 Å². The number of carboxylic acid groups (broad SMARTS) is 1. The number of rotatable bonds is 4. The third kappa shape index (κ3) is 4.33. The van der Waals surface area contributed by atoms with Crippen LogP contribution in [0, 0.1) is 0 Å². The Kier molecular flexibility index (Phi) is 5.03. The molecule has 2 atom stereocenters. The van der Waals surface area contributed by atoms with Gasteiger partial charge in [-0.15, -0.1) is 0 Å². The molecule has 2 rings (SSSR count). The largest absolute Gasteiger partial charge is 0.512 e. The Hall–Kier alpha value is -1.80. The summed E-state index contributed by atoms with van der Waals surface area (Å²) in [6.07, 6.45) is 0.408. The van der Waals surface area contributed by atoms with Crippen LogP contribution in [0.5, 0.6) is 0 Å². The molecule has 2 aliphatic heterocycles. The van der Waals surface area contributed by atoms with Crippen molar-refractivity contribution in [2.75, 3.05) is 39.3 Å². The van der Waals surface area contributed by atoms with Gasteiger partial charge in [0.05, 0.1) is 12.3 Å². The lowest BCUT2D eigenvalue weighted by Gasteiger charge is -2.34. The van der Waals surface area contributed by atoms with Crippen molar-refractivity contribution in [3.05, 3.63) is 12.3 Å². The highest BCUT2D eigenvalue weighted by atomic mass is 16.4. The first-order valence-electron chi connectivity index (χ1n) is 7.06. The second-order valence-electron chi connectivity index (χ2n) is 5.51. The molecule has 0 bridgehead atoms. The zero-order chi connectivity index (χ0) is 15.4. The van der Waals surface area contributed by atoms with E-state index >= 15 is 0 Å². The maximum absolute atomic E-state index is 12.1. The molecule has 0 radical (unpaired) electrons. The van der Waals surface area contributed by atoms with Crippen molar-refractivity contribution < 1.29 is 19.8 Å². The number of amides is 2. The Bertz CT molecular complexity index is 420. The van der Waals surface area contributed by atoms with Crippen LogP contribution in [-0.4, -0.2) is 83.4 Å². The topological polar surface area (TPSA) is 105 Å². The summed E-state index contributed by atoms with van der Waals surface area (Å²) in [4.78, 5) is 26.7. The summed E-state index contributed by atoms with van der Waals surface area (Å²) in [7, 11) is 0. The number of carbonyl (C=O) groups is 2. The van der Waals surface area contributed by atoms with E-state index in [2.05, 4.69) is 17.2 Å². The fourth-order valence-electron chi connectivity index (χ4n) is 2.67. The van der Waals surface area contributed by atoms with E-state index < -0.39 is 12.0 Å². The fourth-order valence-corrected chi connectivity index (χ4v) is 2.67. The first-order valence-corrected chi connectivity index (χ1v) is 7.06. The minimum absolute atomic E-state index is 0.129. The summed E-state index contributed by atoms with van der Waals surface area (Å²) in [5.74, 6) is -0.755. The standard InChI is InChI=1S/C13H22N4O4/c1-9(18)8-16-2-4-17(5-3-16)13(21)15-10-6-11(12(19)20)14-7-10/h10-11,14,18H,1-8H2,(H,15,21)(H,19,20)/t10-,11+/m1/s1. The molecule has 21 heavy (non-hydrogen) atoms. The van der Waals surface area contributed by atoms with E-state index in [9.17, 15) is 9.59 Å². The Balaban J connectivity index is 1.73. The third-order valence-corrected chi connectivity index (χ3v) is 3.82. The summed E-state index contributed by atoms with van der Waals surface area (Å²) in [6.45, 7) is 6.92. The highest BCUT2D eigenvalue weighted by Gasteiger charge is 2.31. The second kappa shape index (κ2) is 6.77. The molecule has 2 heterocycles. The molecule has 0 aromatic heterocycles. The van der Waals surface area contributed by atoms with Crippen molar-refractivity contribution in [2.24, 2.45) is 0 Å². The zero-order valence-electron chi connectivity index (χ0n) is 11.9. The molecule has 0 aromatic carbocycles. The van der Waals surface area contributed by atoms with Gasteiger partial charge in [-0.3, -0.25) is 9.69 Å². The quantitative estimate of drug-likeness (QED) is 0.507. The molecule has 0 aliphatic carbocycles. The maximum atomic E-state index is 12.1. The highest BCUT2D eigenvalue weighted by Crippen LogP contribution is 2.09. The van der Waals surface area contributed by atoms with Crippen molar-refractivity contribution in [3.8, 4) is 0 Å². The number of nitrogens with one attached hydrogen (secondary N) is 2. The molecular weight excluding hydrogens is 276 g/mol. The van der Waals surface area contributed by atoms with Crippen molar-refractivity contribution in [3.63, 3.8) is 0 Å². The number of hydrogen-bond donors (Lipinski definition) is 4. The number of aliphatic hydroxyl groups is 1. The minimum atomic E-state index is -0.885. The van der Waals surface area contributed by atoms with Gasteiger partial charge in [-0.1, -0.05) is 6.58 Å². The van der Waals surface area contributed by atoms with Gasteiger partial charge in [0.15, 0.2) is 0 Å². The number of urea groups is 1. The summed E-state index contributed by atoms with van der Waals surface area (Å²) < 4.78 is 0. The van der Waals surface area contributed by atoms with Crippen LogP contribution in [0.2, 0.25) is 0 Å². The smallest absolute Gasteiger partial charge is 0.320 e. The summed E-state index contributed by atoms with van der Waals surface area (Å²) in [6, 6.07) is -0.883. The Labute approximate surface area is 123 Å². The van der Waals surface area contributed by atoms with Gasteiger partial charge in [-0.25, -0.2) is 4.79 Å². The van der Waals surface area contributed by atoms with E-state index in [0.29, 0.717) is 45.7 Å². The number of carboxylic acids is 1. The predicted molar refractivity (Wildman–Crippen MR) is 76.1 cm³/mol. The van der Waals surface area contributed by atoms with E-state index in [1.165, 1.54) is 0 Å². The molecular formula is C13H22N4O4. The summed E-state index contributed by atoms with van der Waals surface area (Å²) in [5.41, 5.74) is 0. The Morgan fingerprint density at radius 3 is 2.43 bits per heavy atom. The molecule has 0 saturated carbocycles. The first-order chi connectivity index (χ1) is 9.95. The maximum Gasteiger partial charge on any atom is 0.320 e. The van der Waals surface area contributed by atoms with E-state index in [-0.39, 0.29) is 17.8 Å². The number of piperazine rings is 1. The number of nitrogens with zero attached hydrogens (tertiary/aromatic N) is 2. The molecule has 4 N–H and O–H groups in total. The minimum Gasteiger partial charge on any atom is -0.512 e. The van der Waals surface area contributed by atoms with Crippen molar-refractivity contribution in [2.45, 2.75) is 18.5 Å². The van der Waals surface area contributed by atoms with E-state index in [0.717, 1.165) is 0 Å². The van der Waals surface area contributed by atoms with Crippen LogP contribution in [0.25, 0.3) is 0 Å². The van der Waals surface area contributed by atoms with Gasteiger partial charge in [-0.2, -0.15) is 0 Å². The zero-order valence-corrected chi connectivity index (χ0v) is 11.9. The number of hydrogen-bond acceptors (Lipinski definition) is 5. The first kappa shape index (κ1) is 15.6. The van der Waals surface area contributed by atoms with Gasteiger partial charge >= 0.3 is 12.0 Å². The molecule has 8 heteroatoms. The van der Waals surface area contributed by atoms with Gasteiger partial charge in [0, 0.05) is 38.8 Å². The highest BCUT2D eigenvalue weighted by molar-refractivity contribution is 5.76. The average molecular weight is 298 g/mol. The number of aliphatic carboxylic acids is 1. The normalized spacial score (nSPS) is 26.6. The van der Waals surface area contributed by atoms with Crippen LogP contribution in [0.15, 0.2) is 12.3 Å². The van der Waals surface area contributed by atoms with E-state index in [1.807, 2.05) is 4.90 Å². The summed E-state index contributed by atoms with van der Waals surface area (Å²) >= 11 is 0. The number of aliphatic hydroxyl groups excluding tert-OH is 1. The second-order valence-corrected chi connectivity index (χ2v) is 5.51. The molecule has 0 spiro atoms. The fraction of sp³-hybridized carbons (Fsp3) is 0.692. The van der Waals surface area contributed by atoms with Crippen LogP contribution in [-0.2, 0) is 4.79 Å². The van der Waals surface area contributed by atoms with Gasteiger partial charge in [0.1, 0.15) is 6.04 Å². The van der Waals surface area contributed by atoms with E-state index in [1.54, 1.807) is 4.90 Å². The van der Waals surface area contributed by atoms with Gasteiger partial charge < -0.3 is 25.7 Å². The van der Waals surface area contributed by atoms with Crippen molar-refractivity contribution in [1.29, 1.82) is 0 Å². The lowest BCUT2D eigenvalue weighted by atomic mass is 10.2. The van der Waals surface area contributed by atoms with Crippen LogP contribution < -0.4 is 10.6 Å². The molecule has 0 unspecified atom stereocenters. The monoisotopic (exact) mass is 298 g/mol. The molecule has 2 aliphatic rings. The molecule has 2 amide bonds. The van der Waals surface area contributed by atoms with Crippen LogP contribution in [0.3, 0.4) is 0 Å². The summed E-state index contributed by atoms with van der Waals surface area (Å²) in [5, 5.41) is 23.8. The Morgan fingerprint density at radius 1 is 1.24 bits per heavy atom. The molecule has 0 aromatic rings. The number of carbonyl (C=O) groups excluding carboxylic acids is 1. The van der Waals surface area contributed by atoms with Gasteiger partial charge in [-0.05, 0) is 6.42 Å². The lowest BCUT2D eigenvalue weighted by molar-refractivity contribution is -0.139. The van der Waals surface area contributed by atoms with Crippen molar-refractivity contribution >= 4 is 12.0 Å². The third-order valence-electron chi connectivity index (χ3n) is 3.82. The molecule has 2 fully saturated rings. The lowest BCUT2D eigenvalue weighted by Crippen LogP contribution is -2.53. The van der Waals surface area contributed by atoms with Gasteiger partial charge in [0.25, 0.3) is 0 Å². The van der Waals surface area contributed by atoms with Crippen molar-refractivity contribution in [1.82, 2.24) is 20.4 Å². The average Bonchev–Trinajstić information content (AvgIpc) is 2.87. The van der Waals surface area contributed by atoms with Crippen LogP contribution in [0.1, 0.15) is 6.42 Å². The van der Waals surface area contributed by atoms with Gasteiger partial charge in [0.2, 0.25) is 0 Å². The predicted octanol–water partition coefficient (Wildman–Crippen LogP) is -0.800. The molecule has 8 nitrogen and oxygen atoms in total.